The van der Waals surface area contributed by atoms with Gasteiger partial charge in [0.25, 0.3) is 5.91 Å². The molecule has 0 aromatic heterocycles. The van der Waals surface area contributed by atoms with Gasteiger partial charge in [-0.2, -0.15) is 0 Å². The van der Waals surface area contributed by atoms with E-state index >= 15 is 0 Å². The van der Waals surface area contributed by atoms with Crippen LogP contribution in [-0.4, -0.2) is 43.1 Å². The zero-order valence-electron chi connectivity index (χ0n) is 16.2. The van der Waals surface area contributed by atoms with Gasteiger partial charge in [-0.25, -0.2) is 9.18 Å². The molecule has 4 rings (SSSR count). The first kappa shape index (κ1) is 20.4. The molecule has 2 heterocycles. The van der Waals surface area contributed by atoms with Gasteiger partial charge in [0.1, 0.15) is 11.6 Å². The Kier molecular flexibility index (Phi) is 6.06. The van der Waals surface area contributed by atoms with Gasteiger partial charge in [-0.3, -0.25) is 9.69 Å². The molecular formula is C21H22ClFN4O3. The van der Waals surface area contributed by atoms with Crippen molar-refractivity contribution in [3.63, 3.8) is 0 Å². The second-order valence-corrected chi connectivity index (χ2v) is 7.68. The molecule has 2 aliphatic rings. The predicted molar refractivity (Wildman–Crippen MR) is 113 cm³/mol. The van der Waals surface area contributed by atoms with Crippen molar-refractivity contribution in [3.05, 3.63) is 52.8 Å². The highest BCUT2D eigenvalue weighted by molar-refractivity contribution is 6.31. The highest BCUT2D eigenvalue weighted by Gasteiger charge is 2.28. The van der Waals surface area contributed by atoms with Gasteiger partial charge < -0.3 is 20.7 Å². The molecular weight excluding hydrogens is 411 g/mol. The molecule has 9 heteroatoms. The number of hydrogen-bond acceptors (Lipinski definition) is 4. The fraction of sp³-hybridized carbons (Fsp3) is 0.333. The van der Waals surface area contributed by atoms with E-state index in [1.807, 2.05) is 0 Å². The summed E-state index contributed by atoms with van der Waals surface area (Å²) in [6.07, 6.45) is 2.06. The Morgan fingerprint density at radius 1 is 1.27 bits per heavy atom. The van der Waals surface area contributed by atoms with Crippen molar-refractivity contribution in [2.24, 2.45) is 0 Å². The van der Waals surface area contributed by atoms with Gasteiger partial charge in [-0.15, -0.1) is 0 Å². The molecule has 2 aliphatic heterocycles. The number of nitrogens with one attached hydrogen (secondary N) is 3. The summed E-state index contributed by atoms with van der Waals surface area (Å²) < 4.78 is 19.9. The number of ether oxygens (including phenoxy) is 1. The summed E-state index contributed by atoms with van der Waals surface area (Å²) in [6, 6.07) is 8.81. The van der Waals surface area contributed by atoms with Crippen LogP contribution in [0.1, 0.15) is 24.4 Å². The van der Waals surface area contributed by atoms with Crippen LogP contribution in [0.4, 0.5) is 20.6 Å². The van der Waals surface area contributed by atoms with E-state index in [-0.39, 0.29) is 30.9 Å². The predicted octanol–water partition coefficient (Wildman–Crippen LogP) is 3.77. The van der Waals surface area contributed by atoms with Gasteiger partial charge in [0.05, 0.1) is 11.7 Å². The molecule has 0 bridgehead atoms. The first-order chi connectivity index (χ1) is 14.5. The molecule has 30 heavy (non-hydrogen) atoms. The Hall–Kier alpha value is -2.84. The number of fused-ring (bicyclic) bond motifs is 1. The molecule has 0 radical (unpaired) electrons. The normalized spacial score (nSPS) is 16.9. The van der Waals surface area contributed by atoms with E-state index in [0.29, 0.717) is 27.7 Å². The fourth-order valence-electron chi connectivity index (χ4n) is 3.81. The largest absolute Gasteiger partial charge is 0.482 e. The highest BCUT2D eigenvalue weighted by Crippen LogP contribution is 2.32. The maximum absolute atomic E-state index is 14.5. The number of carbonyl (C=O) groups excluding carboxylic acids is 2. The van der Waals surface area contributed by atoms with Gasteiger partial charge in [0.15, 0.2) is 6.61 Å². The number of benzene rings is 2. The van der Waals surface area contributed by atoms with E-state index < -0.39 is 6.03 Å². The number of nitrogens with zero attached hydrogens (tertiary/aromatic N) is 1. The van der Waals surface area contributed by atoms with Crippen LogP contribution in [0.15, 0.2) is 36.4 Å². The molecule has 7 nitrogen and oxygen atoms in total. The topological polar surface area (TPSA) is 82.7 Å². The van der Waals surface area contributed by atoms with Gasteiger partial charge in [0.2, 0.25) is 0 Å². The number of amides is 3. The second kappa shape index (κ2) is 8.89. The molecule has 1 unspecified atom stereocenters. The maximum atomic E-state index is 14.5. The molecule has 2 aromatic carbocycles. The molecule has 2 aromatic rings. The smallest absolute Gasteiger partial charge is 0.319 e. The Bertz CT molecular complexity index is 945. The quantitative estimate of drug-likeness (QED) is 0.671. The van der Waals surface area contributed by atoms with Crippen LogP contribution in [0.3, 0.4) is 0 Å². The van der Waals surface area contributed by atoms with E-state index in [1.165, 1.54) is 6.07 Å². The van der Waals surface area contributed by atoms with Crippen LogP contribution in [0.2, 0.25) is 5.02 Å². The third-order valence-corrected chi connectivity index (χ3v) is 5.57. The minimum atomic E-state index is -0.425. The van der Waals surface area contributed by atoms with Crippen LogP contribution in [0.5, 0.6) is 5.75 Å². The lowest BCUT2D eigenvalue weighted by molar-refractivity contribution is -0.118. The lowest BCUT2D eigenvalue weighted by atomic mass is 10.0. The number of hydrogen-bond donors (Lipinski definition) is 3. The maximum Gasteiger partial charge on any atom is 0.319 e. The fourth-order valence-corrected chi connectivity index (χ4v) is 4.10. The van der Waals surface area contributed by atoms with Crippen molar-refractivity contribution in [2.45, 2.75) is 18.9 Å². The lowest BCUT2D eigenvalue weighted by Crippen LogP contribution is -2.39. The molecule has 0 spiro atoms. The second-order valence-electron chi connectivity index (χ2n) is 7.28. The van der Waals surface area contributed by atoms with Crippen molar-refractivity contribution in [3.8, 4) is 5.75 Å². The monoisotopic (exact) mass is 432 g/mol. The first-order valence-corrected chi connectivity index (χ1v) is 10.2. The number of likely N-dealkylation sites (tertiary alicyclic amines) is 1. The number of anilines is 2. The number of rotatable bonds is 5. The lowest BCUT2D eigenvalue weighted by Gasteiger charge is -2.29. The molecule has 1 atom stereocenters. The van der Waals surface area contributed by atoms with Crippen LogP contribution in [-0.2, 0) is 4.79 Å². The van der Waals surface area contributed by atoms with E-state index in [1.54, 1.807) is 30.3 Å². The Morgan fingerprint density at radius 3 is 2.83 bits per heavy atom. The van der Waals surface area contributed by atoms with Crippen LogP contribution in [0, 0.1) is 5.82 Å². The summed E-state index contributed by atoms with van der Waals surface area (Å²) in [5.41, 5.74) is 1.48. The summed E-state index contributed by atoms with van der Waals surface area (Å²) in [5, 5.41) is 8.61. The van der Waals surface area contributed by atoms with E-state index in [2.05, 4.69) is 20.9 Å². The average molecular weight is 433 g/mol. The molecule has 0 aliphatic carbocycles. The van der Waals surface area contributed by atoms with Gasteiger partial charge >= 0.3 is 6.03 Å². The molecule has 3 N–H and O–H groups in total. The Balaban J connectivity index is 1.43. The van der Waals surface area contributed by atoms with Crippen LogP contribution in [0.25, 0.3) is 0 Å². The molecule has 1 saturated heterocycles. The summed E-state index contributed by atoms with van der Waals surface area (Å²) in [6.45, 7) is 1.80. The van der Waals surface area contributed by atoms with E-state index in [9.17, 15) is 14.0 Å². The minimum Gasteiger partial charge on any atom is -0.482 e. The number of urea groups is 1. The zero-order valence-corrected chi connectivity index (χ0v) is 17.0. The third-order valence-electron chi connectivity index (χ3n) is 5.24. The zero-order chi connectivity index (χ0) is 21.1. The van der Waals surface area contributed by atoms with Gasteiger partial charge in [0, 0.05) is 28.9 Å². The van der Waals surface area contributed by atoms with E-state index in [0.717, 1.165) is 25.9 Å². The summed E-state index contributed by atoms with van der Waals surface area (Å²) in [7, 11) is 0. The number of halogens is 2. The van der Waals surface area contributed by atoms with Gasteiger partial charge in [-0.05, 0) is 50.2 Å². The van der Waals surface area contributed by atoms with Crippen molar-refractivity contribution < 1.29 is 18.7 Å². The molecule has 0 saturated carbocycles. The molecule has 3 amide bonds. The van der Waals surface area contributed by atoms with Crippen LogP contribution < -0.4 is 20.7 Å². The third kappa shape index (κ3) is 4.49. The Labute approximate surface area is 178 Å². The molecule has 158 valence electrons. The number of carbonyl (C=O) groups is 2. The van der Waals surface area contributed by atoms with Crippen molar-refractivity contribution in [1.29, 1.82) is 0 Å². The Morgan fingerprint density at radius 2 is 2.07 bits per heavy atom. The highest BCUT2D eigenvalue weighted by atomic mass is 35.5. The minimum absolute atomic E-state index is 0.0659. The summed E-state index contributed by atoms with van der Waals surface area (Å²) >= 11 is 6.29. The van der Waals surface area contributed by atoms with E-state index in [4.69, 9.17) is 16.3 Å². The summed E-state index contributed by atoms with van der Waals surface area (Å²) in [4.78, 5) is 26.0. The van der Waals surface area contributed by atoms with Crippen LogP contribution >= 0.6 is 11.6 Å². The summed E-state index contributed by atoms with van der Waals surface area (Å²) in [5.74, 6) is -0.114. The van der Waals surface area contributed by atoms with Crippen molar-refractivity contribution in [1.82, 2.24) is 10.2 Å². The van der Waals surface area contributed by atoms with Crippen molar-refractivity contribution in [2.75, 3.05) is 36.9 Å². The first-order valence-electron chi connectivity index (χ1n) is 9.81. The average Bonchev–Trinajstić information content (AvgIpc) is 3.25. The molecule has 1 fully saturated rings. The van der Waals surface area contributed by atoms with Crippen molar-refractivity contribution >= 4 is 34.9 Å². The standard InChI is InChI=1S/C21H22ClFN4O3/c22-14-4-3-5-15(23)20(14)17(27-8-1-2-9-27)11-24-21(29)25-13-6-7-16-18(10-13)30-12-19(28)26-16/h3-7,10,17H,1-2,8-9,11-12H2,(H,26,28)(H2,24,25,29). The van der Waals surface area contributed by atoms with Gasteiger partial charge in [-0.1, -0.05) is 17.7 Å². The SMILES string of the molecule is O=C1COc2cc(NC(=O)NCC(c3c(F)cccc3Cl)N3CCCC3)ccc2N1.